The van der Waals surface area contributed by atoms with Gasteiger partial charge < -0.3 is 19.6 Å². The number of amides is 2. The zero-order valence-electron chi connectivity index (χ0n) is 19.4. The molecule has 2 aliphatic heterocycles. The highest BCUT2D eigenvalue weighted by molar-refractivity contribution is 6.35. The predicted molar refractivity (Wildman–Crippen MR) is 121 cm³/mol. The lowest BCUT2D eigenvalue weighted by Crippen LogP contribution is -2.49. The van der Waals surface area contributed by atoms with Crippen LogP contribution in [0, 0.1) is 5.82 Å². The van der Waals surface area contributed by atoms with Crippen LogP contribution in [0.25, 0.3) is 0 Å². The molecular weight excluding hydrogens is 459 g/mol. The van der Waals surface area contributed by atoms with Gasteiger partial charge >= 0.3 is 11.8 Å². The van der Waals surface area contributed by atoms with E-state index < -0.39 is 40.8 Å². The number of aromatic hydroxyl groups is 1. The molecule has 1 aromatic heterocycles. The Morgan fingerprint density at radius 2 is 1.80 bits per heavy atom. The van der Waals surface area contributed by atoms with Gasteiger partial charge in [-0.15, -0.1) is 0 Å². The minimum absolute atomic E-state index is 0.0539. The van der Waals surface area contributed by atoms with Crippen molar-refractivity contribution in [3.05, 3.63) is 57.5 Å². The molecule has 0 saturated carbocycles. The highest BCUT2D eigenvalue weighted by atomic mass is 19.1. The van der Waals surface area contributed by atoms with Crippen LogP contribution in [0.4, 0.5) is 4.39 Å². The summed E-state index contributed by atoms with van der Waals surface area (Å²) in [6.45, 7) is 1.68. The fourth-order valence-corrected chi connectivity index (χ4v) is 4.43. The minimum atomic E-state index is -0.807. The SMILES string of the molecule is Cn1c(C2CCCN2C(=O)C(=O)N2CCOCC2)nc(C(=O)CCc2ccc(F)cc2)c(O)c1=O. The maximum absolute atomic E-state index is 13.1. The lowest BCUT2D eigenvalue weighted by Gasteiger charge is -2.30. The summed E-state index contributed by atoms with van der Waals surface area (Å²) in [7, 11) is 1.40. The van der Waals surface area contributed by atoms with Crippen LogP contribution in [0.3, 0.4) is 0 Å². The molecule has 2 amide bonds. The van der Waals surface area contributed by atoms with Crippen LogP contribution in [-0.4, -0.2) is 74.9 Å². The van der Waals surface area contributed by atoms with Gasteiger partial charge in [0.25, 0.3) is 5.56 Å². The second-order valence-corrected chi connectivity index (χ2v) is 8.64. The third kappa shape index (κ3) is 5.09. The number of aromatic nitrogens is 2. The van der Waals surface area contributed by atoms with E-state index in [0.29, 0.717) is 45.7 Å². The number of nitrogens with zero attached hydrogens (tertiary/aromatic N) is 4. The van der Waals surface area contributed by atoms with Crippen LogP contribution in [0.5, 0.6) is 5.75 Å². The van der Waals surface area contributed by atoms with Gasteiger partial charge in [0.2, 0.25) is 5.75 Å². The Bertz CT molecular complexity index is 1190. The molecule has 35 heavy (non-hydrogen) atoms. The molecule has 1 atom stereocenters. The van der Waals surface area contributed by atoms with Crippen molar-refractivity contribution in [1.82, 2.24) is 19.4 Å². The van der Waals surface area contributed by atoms with E-state index in [4.69, 9.17) is 4.74 Å². The number of hydrogen-bond acceptors (Lipinski definition) is 7. The quantitative estimate of drug-likeness (QED) is 0.494. The highest BCUT2D eigenvalue weighted by Gasteiger charge is 2.38. The normalized spacial score (nSPS) is 18.1. The van der Waals surface area contributed by atoms with Crippen molar-refractivity contribution >= 4 is 17.6 Å². The number of morpholine rings is 1. The number of Topliss-reactive ketones (excluding diaryl/α,β-unsaturated/α-hetero) is 1. The van der Waals surface area contributed by atoms with Crippen LogP contribution >= 0.6 is 0 Å². The first-order valence-corrected chi connectivity index (χ1v) is 11.5. The number of aryl methyl sites for hydroxylation is 1. The molecule has 0 bridgehead atoms. The predicted octanol–water partition coefficient (Wildman–Crippen LogP) is 0.963. The molecule has 0 spiro atoms. The van der Waals surface area contributed by atoms with Crippen molar-refractivity contribution in [2.75, 3.05) is 32.8 Å². The number of carbonyl (C=O) groups excluding carboxylic acids is 3. The molecular formula is C24H27FN4O6. The first kappa shape index (κ1) is 24.5. The van der Waals surface area contributed by atoms with Crippen molar-refractivity contribution in [1.29, 1.82) is 0 Å². The Hall–Kier alpha value is -3.60. The highest BCUT2D eigenvalue weighted by Crippen LogP contribution is 2.31. The number of rotatable bonds is 5. The van der Waals surface area contributed by atoms with Gasteiger partial charge in [-0.3, -0.25) is 23.7 Å². The summed E-state index contributed by atoms with van der Waals surface area (Å²) in [4.78, 5) is 58.5. The third-order valence-electron chi connectivity index (χ3n) is 6.41. The Morgan fingerprint density at radius 3 is 2.49 bits per heavy atom. The fourth-order valence-electron chi connectivity index (χ4n) is 4.43. The van der Waals surface area contributed by atoms with E-state index in [0.717, 1.165) is 10.1 Å². The largest absolute Gasteiger partial charge is 0.501 e. The molecule has 3 heterocycles. The van der Waals surface area contributed by atoms with Crippen LogP contribution in [0.1, 0.15) is 47.2 Å². The van der Waals surface area contributed by atoms with Crippen molar-refractivity contribution in [2.45, 2.75) is 31.7 Å². The lowest BCUT2D eigenvalue weighted by atomic mass is 10.1. The number of hydrogen-bond donors (Lipinski definition) is 1. The molecule has 4 rings (SSSR count). The number of benzene rings is 1. The first-order chi connectivity index (χ1) is 16.8. The number of ether oxygens (including phenoxy) is 1. The minimum Gasteiger partial charge on any atom is -0.501 e. The summed E-state index contributed by atoms with van der Waals surface area (Å²) in [6, 6.07) is 5.00. The second kappa shape index (κ2) is 10.3. The molecule has 0 aliphatic carbocycles. The van der Waals surface area contributed by atoms with E-state index in [-0.39, 0.29) is 24.4 Å². The van der Waals surface area contributed by atoms with E-state index >= 15 is 0 Å². The summed E-state index contributed by atoms with van der Waals surface area (Å²) in [5.74, 6) is -2.90. The third-order valence-corrected chi connectivity index (χ3v) is 6.41. The summed E-state index contributed by atoms with van der Waals surface area (Å²) in [6.07, 6.45) is 1.27. The van der Waals surface area contributed by atoms with Gasteiger partial charge in [-0.25, -0.2) is 9.37 Å². The van der Waals surface area contributed by atoms with E-state index in [1.54, 1.807) is 12.1 Å². The van der Waals surface area contributed by atoms with Crippen molar-refractivity contribution < 1.29 is 28.6 Å². The van der Waals surface area contributed by atoms with Gasteiger partial charge in [-0.2, -0.15) is 0 Å². The Morgan fingerprint density at radius 1 is 1.11 bits per heavy atom. The van der Waals surface area contributed by atoms with Gasteiger partial charge in [0, 0.05) is 33.1 Å². The lowest BCUT2D eigenvalue weighted by molar-refractivity contribution is -0.154. The summed E-state index contributed by atoms with van der Waals surface area (Å²) in [5, 5.41) is 10.4. The molecule has 1 aromatic carbocycles. The summed E-state index contributed by atoms with van der Waals surface area (Å²) < 4.78 is 19.5. The van der Waals surface area contributed by atoms with Crippen molar-refractivity contribution in [3.8, 4) is 5.75 Å². The smallest absolute Gasteiger partial charge is 0.312 e. The molecule has 10 nitrogen and oxygen atoms in total. The van der Waals surface area contributed by atoms with Gasteiger partial charge in [-0.05, 0) is 37.0 Å². The summed E-state index contributed by atoms with van der Waals surface area (Å²) in [5.41, 5.74) is -0.458. The second-order valence-electron chi connectivity index (χ2n) is 8.64. The molecule has 2 aromatic rings. The maximum Gasteiger partial charge on any atom is 0.312 e. The van der Waals surface area contributed by atoms with E-state index in [9.17, 15) is 28.7 Å². The Labute approximate surface area is 200 Å². The van der Waals surface area contributed by atoms with Crippen molar-refractivity contribution in [2.24, 2.45) is 7.05 Å². The number of ketones is 1. The van der Waals surface area contributed by atoms with Crippen molar-refractivity contribution in [3.63, 3.8) is 0 Å². The molecule has 2 fully saturated rings. The molecule has 0 radical (unpaired) electrons. The molecule has 1 N–H and O–H groups in total. The zero-order valence-corrected chi connectivity index (χ0v) is 19.4. The van der Waals surface area contributed by atoms with Gasteiger partial charge in [-0.1, -0.05) is 12.1 Å². The Balaban J connectivity index is 1.57. The Kier molecular flexibility index (Phi) is 7.25. The fraction of sp³-hybridized carbons (Fsp3) is 0.458. The van der Waals surface area contributed by atoms with Crippen LogP contribution in [0.2, 0.25) is 0 Å². The zero-order chi connectivity index (χ0) is 25.1. The standard InChI is InChI=1S/C24H27FN4O6/c1-27-21(17-3-2-10-29(17)24(34)23(33)28-11-13-35-14-12-28)26-19(20(31)22(27)32)18(30)9-6-15-4-7-16(25)8-5-15/h4-5,7-8,17,31H,2-3,6,9-14H2,1H3. The van der Waals surface area contributed by atoms with Crippen LogP contribution in [0.15, 0.2) is 29.1 Å². The molecule has 186 valence electrons. The van der Waals surface area contributed by atoms with E-state index in [1.165, 1.54) is 29.0 Å². The topological polar surface area (TPSA) is 122 Å². The van der Waals surface area contributed by atoms with E-state index in [2.05, 4.69) is 4.98 Å². The van der Waals surface area contributed by atoms with Gasteiger partial charge in [0.1, 0.15) is 11.6 Å². The average molecular weight is 487 g/mol. The van der Waals surface area contributed by atoms with Crippen LogP contribution in [-0.2, 0) is 27.8 Å². The number of carbonyl (C=O) groups is 3. The van der Waals surface area contributed by atoms with E-state index in [1.807, 2.05) is 0 Å². The summed E-state index contributed by atoms with van der Waals surface area (Å²) >= 11 is 0. The number of halogens is 1. The molecule has 2 aliphatic rings. The van der Waals surface area contributed by atoms with Gasteiger partial charge in [0.15, 0.2) is 11.5 Å². The average Bonchev–Trinajstić information content (AvgIpc) is 3.36. The first-order valence-electron chi connectivity index (χ1n) is 11.5. The molecule has 11 heteroatoms. The van der Waals surface area contributed by atoms with Gasteiger partial charge in [0.05, 0.1) is 19.3 Å². The molecule has 2 saturated heterocycles. The molecule has 1 unspecified atom stereocenters. The monoisotopic (exact) mass is 486 g/mol. The maximum atomic E-state index is 13.1. The number of likely N-dealkylation sites (tertiary alicyclic amines) is 1. The van der Waals surface area contributed by atoms with Crippen LogP contribution < -0.4 is 5.56 Å².